The fourth-order valence-electron chi connectivity index (χ4n) is 4.77. The van der Waals surface area contributed by atoms with Crippen LogP contribution in [0, 0.1) is 0 Å². The van der Waals surface area contributed by atoms with Crippen molar-refractivity contribution < 1.29 is 5.11 Å². The van der Waals surface area contributed by atoms with Gasteiger partial charge in [0, 0.05) is 60.3 Å². The SMILES string of the molecule is CN(CCc1ccccn1)[C@@H]1CCN(Cc2ccc(C3CCCC3)s2)C[C@H]1O. The number of nitrogens with zero attached hydrogens (tertiary/aromatic N) is 3. The number of aromatic nitrogens is 1. The molecule has 2 atom stereocenters. The summed E-state index contributed by atoms with van der Waals surface area (Å²) in [7, 11) is 2.14. The molecule has 1 saturated carbocycles. The molecule has 28 heavy (non-hydrogen) atoms. The van der Waals surface area contributed by atoms with Crippen LogP contribution in [0.2, 0.25) is 0 Å². The molecule has 2 aliphatic rings. The van der Waals surface area contributed by atoms with Crippen molar-refractivity contribution in [2.24, 2.45) is 0 Å². The molecular formula is C23H33N3OS. The summed E-state index contributed by atoms with van der Waals surface area (Å²) in [6.07, 6.45) is 9.06. The second-order valence-corrected chi connectivity index (χ2v) is 9.70. The van der Waals surface area contributed by atoms with Crippen molar-refractivity contribution >= 4 is 11.3 Å². The Kier molecular flexibility index (Phi) is 6.78. The lowest BCUT2D eigenvalue weighted by molar-refractivity contribution is -0.00591. The second kappa shape index (κ2) is 9.49. The van der Waals surface area contributed by atoms with E-state index in [0.717, 1.165) is 50.6 Å². The van der Waals surface area contributed by atoms with E-state index in [1.54, 1.807) is 4.88 Å². The Morgan fingerprint density at radius 3 is 2.79 bits per heavy atom. The molecule has 1 N–H and O–H groups in total. The Labute approximate surface area is 173 Å². The third-order valence-electron chi connectivity index (χ3n) is 6.46. The van der Waals surface area contributed by atoms with Crippen molar-refractivity contribution in [2.45, 2.75) is 63.1 Å². The van der Waals surface area contributed by atoms with Gasteiger partial charge in [-0.25, -0.2) is 0 Å². The van der Waals surface area contributed by atoms with E-state index in [0.29, 0.717) is 0 Å². The van der Waals surface area contributed by atoms with Crippen molar-refractivity contribution in [3.05, 3.63) is 52.0 Å². The molecule has 0 radical (unpaired) electrons. The highest BCUT2D eigenvalue weighted by atomic mass is 32.1. The molecular weight excluding hydrogens is 366 g/mol. The molecule has 1 aliphatic carbocycles. The number of thiophene rings is 1. The monoisotopic (exact) mass is 399 g/mol. The Balaban J connectivity index is 1.25. The van der Waals surface area contributed by atoms with Crippen LogP contribution < -0.4 is 0 Å². The van der Waals surface area contributed by atoms with E-state index >= 15 is 0 Å². The number of likely N-dealkylation sites (N-methyl/N-ethyl adjacent to an activating group) is 1. The number of likely N-dealkylation sites (tertiary alicyclic amines) is 1. The molecule has 1 saturated heterocycles. The van der Waals surface area contributed by atoms with E-state index in [1.807, 2.05) is 29.7 Å². The smallest absolute Gasteiger partial charge is 0.0822 e. The van der Waals surface area contributed by atoms with Crippen LogP contribution in [-0.4, -0.2) is 58.7 Å². The van der Waals surface area contributed by atoms with Crippen LogP contribution in [0.4, 0.5) is 0 Å². The first kappa shape index (κ1) is 20.0. The molecule has 4 nitrogen and oxygen atoms in total. The fraction of sp³-hybridized carbons (Fsp3) is 0.609. The fourth-order valence-corrected chi connectivity index (χ4v) is 6.00. The summed E-state index contributed by atoms with van der Waals surface area (Å²) in [6.45, 7) is 3.76. The van der Waals surface area contributed by atoms with Gasteiger partial charge in [-0.15, -0.1) is 11.3 Å². The topological polar surface area (TPSA) is 39.6 Å². The van der Waals surface area contributed by atoms with Gasteiger partial charge in [0.05, 0.1) is 6.10 Å². The van der Waals surface area contributed by atoms with Gasteiger partial charge >= 0.3 is 0 Å². The second-order valence-electron chi connectivity index (χ2n) is 8.50. The molecule has 2 aromatic heterocycles. The number of piperidine rings is 1. The molecule has 0 amide bonds. The summed E-state index contributed by atoms with van der Waals surface area (Å²) < 4.78 is 0. The van der Waals surface area contributed by atoms with E-state index in [1.165, 1.54) is 30.6 Å². The predicted octanol–water partition coefficient (Wildman–Crippen LogP) is 3.91. The molecule has 0 spiro atoms. The van der Waals surface area contributed by atoms with Crippen LogP contribution in [0.5, 0.6) is 0 Å². The van der Waals surface area contributed by atoms with E-state index in [2.05, 4.69) is 40.0 Å². The summed E-state index contributed by atoms with van der Waals surface area (Å²) >= 11 is 2.00. The summed E-state index contributed by atoms with van der Waals surface area (Å²) in [6, 6.07) is 11.0. The molecule has 2 aromatic rings. The van der Waals surface area contributed by atoms with Gasteiger partial charge in [0.2, 0.25) is 0 Å². The van der Waals surface area contributed by atoms with Crippen molar-refractivity contribution in [3.8, 4) is 0 Å². The zero-order valence-electron chi connectivity index (χ0n) is 17.0. The maximum Gasteiger partial charge on any atom is 0.0822 e. The van der Waals surface area contributed by atoms with E-state index in [4.69, 9.17) is 0 Å². The van der Waals surface area contributed by atoms with Crippen LogP contribution in [0.25, 0.3) is 0 Å². The molecule has 0 unspecified atom stereocenters. The normalized spacial score (nSPS) is 24.2. The van der Waals surface area contributed by atoms with Crippen molar-refractivity contribution in [3.63, 3.8) is 0 Å². The van der Waals surface area contributed by atoms with Crippen molar-refractivity contribution in [1.82, 2.24) is 14.8 Å². The minimum absolute atomic E-state index is 0.248. The van der Waals surface area contributed by atoms with Crippen LogP contribution >= 0.6 is 11.3 Å². The van der Waals surface area contributed by atoms with Crippen LogP contribution in [0.15, 0.2) is 36.5 Å². The van der Waals surface area contributed by atoms with Gasteiger partial charge < -0.3 is 10.0 Å². The molecule has 4 rings (SSSR count). The van der Waals surface area contributed by atoms with Crippen LogP contribution in [0.3, 0.4) is 0 Å². The Bertz CT molecular complexity index is 728. The third kappa shape index (κ3) is 5.01. The highest BCUT2D eigenvalue weighted by Gasteiger charge is 2.30. The lowest BCUT2D eigenvalue weighted by Crippen LogP contribution is -2.53. The van der Waals surface area contributed by atoms with E-state index in [9.17, 15) is 5.11 Å². The van der Waals surface area contributed by atoms with Crippen molar-refractivity contribution in [2.75, 3.05) is 26.7 Å². The first-order chi connectivity index (χ1) is 13.7. The number of rotatable bonds is 7. The number of β-amino-alcohol motifs (C(OH)–C–C–N with tert-alkyl or cyclic N) is 1. The van der Waals surface area contributed by atoms with Gasteiger partial charge in [0.1, 0.15) is 0 Å². The summed E-state index contributed by atoms with van der Waals surface area (Å²) in [5.74, 6) is 0.808. The maximum absolute atomic E-state index is 10.8. The number of pyridine rings is 1. The largest absolute Gasteiger partial charge is 0.390 e. The van der Waals surface area contributed by atoms with Gasteiger partial charge in [-0.05, 0) is 56.5 Å². The Morgan fingerprint density at radius 1 is 1.18 bits per heavy atom. The minimum atomic E-state index is -0.281. The lowest BCUT2D eigenvalue weighted by atomic mass is 10.00. The molecule has 0 bridgehead atoms. The van der Waals surface area contributed by atoms with Gasteiger partial charge in [-0.1, -0.05) is 18.9 Å². The van der Waals surface area contributed by atoms with E-state index in [-0.39, 0.29) is 12.1 Å². The number of hydrogen-bond donors (Lipinski definition) is 1. The quantitative estimate of drug-likeness (QED) is 0.766. The van der Waals surface area contributed by atoms with E-state index < -0.39 is 0 Å². The summed E-state index contributed by atoms with van der Waals surface area (Å²) in [4.78, 5) is 12.2. The lowest BCUT2D eigenvalue weighted by Gasteiger charge is -2.40. The standard InChI is InChI=1S/C23H33N3OS/c1-25(14-11-19-8-4-5-13-24-19)21-12-15-26(17-22(21)27)16-20-9-10-23(28-20)18-6-2-3-7-18/h4-5,8-10,13,18,21-22,27H,2-3,6-7,11-12,14-17H2,1H3/t21-,22-/m1/s1. The first-order valence-corrected chi connectivity index (χ1v) is 11.6. The average molecular weight is 400 g/mol. The van der Waals surface area contributed by atoms with Gasteiger partial charge in [-0.3, -0.25) is 9.88 Å². The van der Waals surface area contributed by atoms with Gasteiger partial charge in [-0.2, -0.15) is 0 Å². The number of aliphatic hydroxyl groups excluding tert-OH is 1. The van der Waals surface area contributed by atoms with Crippen molar-refractivity contribution in [1.29, 1.82) is 0 Å². The molecule has 5 heteroatoms. The molecule has 152 valence electrons. The molecule has 3 heterocycles. The number of hydrogen-bond acceptors (Lipinski definition) is 5. The third-order valence-corrected chi connectivity index (χ3v) is 7.70. The predicted molar refractivity (Wildman–Crippen MR) is 116 cm³/mol. The zero-order chi connectivity index (χ0) is 19.3. The zero-order valence-corrected chi connectivity index (χ0v) is 17.8. The first-order valence-electron chi connectivity index (χ1n) is 10.8. The van der Waals surface area contributed by atoms with Crippen LogP contribution in [0.1, 0.15) is 53.5 Å². The van der Waals surface area contributed by atoms with Crippen LogP contribution in [-0.2, 0) is 13.0 Å². The molecule has 0 aromatic carbocycles. The minimum Gasteiger partial charge on any atom is -0.390 e. The molecule has 1 aliphatic heterocycles. The highest BCUT2D eigenvalue weighted by molar-refractivity contribution is 7.12. The number of aliphatic hydroxyl groups is 1. The summed E-state index contributed by atoms with van der Waals surface area (Å²) in [5.41, 5.74) is 1.12. The Hall–Kier alpha value is -1.27. The Morgan fingerprint density at radius 2 is 2.04 bits per heavy atom. The maximum atomic E-state index is 10.8. The highest BCUT2D eigenvalue weighted by Crippen LogP contribution is 2.38. The summed E-state index contributed by atoms with van der Waals surface area (Å²) in [5, 5.41) is 10.8. The molecule has 2 fully saturated rings. The van der Waals surface area contributed by atoms with Gasteiger partial charge in [0.25, 0.3) is 0 Å². The van der Waals surface area contributed by atoms with Gasteiger partial charge in [0.15, 0.2) is 0 Å². The average Bonchev–Trinajstić information content (AvgIpc) is 3.39.